The molecule has 2 aromatic heterocycles. The lowest BCUT2D eigenvalue weighted by Gasteiger charge is -2.57. The molecule has 0 aliphatic heterocycles. The highest BCUT2D eigenvalue weighted by molar-refractivity contribution is 5.74. The molecule has 0 radical (unpaired) electrons. The lowest BCUT2D eigenvalue weighted by molar-refractivity contribution is 0.0106. The van der Waals surface area contributed by atoms with Crippen molar-refractivity contribution in [3.05, 3.63) is 36.4 Å². The minimum Gasteiger partial charge on any atom is -0.393 e. The zero-order valence-electron chi connectivity index (χ0n) is 15.0. The maximum Gasteiger partial charge on any atom is 0.155 e. The van der Waals surface area contributed by atoms with Gasteiger partial charge >= 0.3 is 0 Å². The van der Waals surface area contributed by atoms with Crippen LogP contribution in [-0.2, 0) is 6.54 Å². The highest BCUT2D eigenvalue weighted by Gasteiger charge is 2.51. The van der Waals surface area contributed by atoms with Gasteiger partial charge in [0.15, 0.2) is 11.6 Å². The molecule has 0 spiro atoms. The molecule has 4 saturated carbocycles. The molecule has 4 N–H and O–H groups in total. The molecule has 0 amide bonds. The molecule has 6 nitrogen and oxygen atoms in total. The number of aromatic nitrogens is 3. The molecular formula is C20H26N6. The van der Waals surface area contributed by atoms with E-state index in [9.17, 15) is 0 Å². The van der Waals surface area contributed by atoms with Crippen LogP contribution in [0, 0.1) is 17.8 Å². The fourth-order valence-electron chi connectivity index (χ4n) is 5.84. The third-order valence-corrected chi connectivity index (χ3v) is 6.49. The predicted octanol–water partition coefficient (Wildman–Crippen LogP) is 3.45. The van der Waals surface area contributed by atoms with Gasteiger partial charge in [-0.15, -0.1) is 0 Å². The molecule has 4 fully saturated rings. The molecule has 0 saturated heterocycles. The normalized spacial score (nSPS) is 31.8. The first kappa shape index (κ1) is 15.9. The van der Waals surface area contributed by atoms with E-state index in [4.69, 9.17) is 5.73 Å². The van der Waals surface area contributed by atoms with Gasteiger partial charge in [0, 0.05) is 24.5 Å². The second-order valence-electron chi connectivity index (χ2n) is 8.52. The molecule has 0 atom stereocenters. The van der Waals surface area contributed by atoms with Gasteiger partial charge in [-0.3, -0.25) is 4.98 Å². The molecule has 2 aromatic rings. The Morgan fingerprint density at radius 3 is 2.38 bits per heavy atom. The first-order valence-corrected chi connectivity index (χ1v) is 9.70. The van der Waals surface area contributed by atoms with Crippen LogP contribution in [0.2, 0.25) is 0 Å². The van der Waals surface area contributed by atoms with E-state index in [0.29, 0.717) is 18.1 Å². The molecule has 4 aliphatic rings. The van der Waals surface area contributed by atoms with Gasteiger partial charge in [-0.2, -0.15) is 0 Å². The zero-order chi connectivity index (χ0) is 17.6. The Morgan fingerprint density at radius 1 is 1.04 bits per heavy atom. The van der Waals surface area contributed by atoms with Crippen molar-refractivity contribution in [3.63, 3.8) is 0 Å². The minimum absolute atomic E-state index is 0.192. The van der Waals surface area contributed by atoms with Gasteiger partial charge < -0.3 is 16.4 Å². The van der Waals surface area contributed by atoms with E-state index in [0.717, 1.165) is 29.1 Å². The van der Waals surface area contributed by atoms with E-state index >= 15 is 0 Å². The van der Waals surface area contributed by atoms with Crippen molar-refractivity contribution in [1.29, 1.82) is 0 Å². The number of nitrogens with one attached hydrogen (secondary N) is 2. The SMILES string of the molecule is Nc1c(NCc2cccnc2)ncnc1NC12CC3CC(CC(C3)C1)C2. The van der Waals surface area contributed by atoms with E-state index < -0.39 is 0 Å². The first-order chi connectivity index (χ1) is 12.7. The molecule has 4 bridgehead atoms. The number of pyridine rings is 1. The van der Waals surface area contributed by atoms with Crippen molar-refractivity contribution in [2.75, 3.05) is 16.4 Å². The van der Waals surface area contributed by atoms with Crippen LogP contribution in [0.3, 0.4) is 0 Å². The summed E-state index contributed by atoms with van der Waals surface area (Å²) >= 11 is 0. The van der Waals surface area contributed by atoms with Crippen molar-refractivity contribution in [3.8, 4) is 0 Å². The summed E-state index contributed by atoms with van der Waals surface area (Å²) in [5, 5.41) is 7.09. The van der Waals surface area contributed by atoms with Crippen LogP contribution in [-0.4, -0.2) is 20.5 Å². The van der Waals surface area contributed by atoms with Crippen LogP contribution < -0.4 is 16.4 Å². The summed E-state index contributed by atoms with van der Waals surface area (Å²) < 4.78 is 0. The number of anilines is 3. The highest BCUT2D eigenvalue weighted by Crippen LogP contribution is 2.56. The monoisotopic (exact) mass is 350 g/mol. The average molecular weight is 350 g/mol. The molecule has 6 heteroatoms. The molecule has 0 unspecified atom stereocenters. The van der Waals surface area contributed by atoms with Gasteiger partial charge in [-0.1, -0.05) is 6.07 Å². The Bertz CT molecular complexity index is 755. The highest BCUT2D eigenvalue weighted by atomic mass is 15.1. The number of nitrogen functional groups attached to an aromatic ring is 1. The van der Waals surface area contributed by atoms with Crippen molar-refractivity contribution >= 4 is 17.3 Å². The van der Waals surface area contributed by atoms with Crippen molar-refractivity contribution in [2.24, 2.45) is 17.8 Å². The lowest BCUT2D eigenvalue weighted by atomic mass is 9.53. The maximum absolute atomic E-state index is 6.41. The van der Waals surface area contributed by atoms with E-state index in [1.165, 1.54) is 38.5 Å². The number of nitrogens with two attached hydrogens (primary N) is 1. The molecule has 136 valence electrons. The zero-order valence-corrected chi connectivity index (χ0v) is 15.0. The lowest BCUT2D eigenvalue weighted by Crippen LogP contribution is -2.55. The fraction of sp³-hybridized carbons (Fsp3) is 0.550. The Balaban J connectivity index is 1.34. The van der Waals surface area contributed by atoms with E-state index in [2.05, 4.69) is 25.6 Å². The van der Waals surface area contributed by atoms with Gasteiger partial charge in [-0.05, 0) is 67.9 Å². The molecule has 0 aromatic carbocycles. The van der Waals surface area contributed by atoms with Crippen LogP contribution in [0.25, 0.3) is 0 Å². The predicted molar refractivity (Wildman–Crippen MR) is 103 cm³/mol. The summed E-state index contributed by atoms with van der Waals surface area (Å²) in [7, 11) is 0. The van der Waals surface area contributed by atoms with Crippen LogP contribution >= 0.6 is 0 Å². The largest absolute Gasteiger partial charge is 0.393 e. The third kappa shape index (κ3) is 2.87. The summed E-state index contributed by atoms with van der Waals surface area (Å²) in [4.78, 5) is 13.0. The first-order valence-electron chi connectivity index (χ1n) is 9.70. The molecule has 4 aliphatic carbocycles. The van der Waals surface area contributed by atoms with Crippen molar-refractivity contribution < 1.29 is 0 Å². The number of hydrogen-bond donors (Lipinski definition) is 3. The van der Waals surface area contributed by atoms with Crippen LogP contribution in [0.4, 0.5) is 17.3 Å². The van der Waals surface area contributed by atoms with Gasteiger partial charge in [0.05, 0.1) is 0 Å². The summed E-state index contributed by atoms with van der Waals surface area (Å²) in [5.74, 6) is 4.15. The standard InChI is InChI=1S/C20H26N6/c21-17-18(23-11-13-2-1-3-22-10-13)24-12-25-19(17)26-20-7-14-4-15(8-20)6-16(5-14)9-20/h1-3,10,12,14-16H,4-9,11,21H2,(H2,23,24,25,26). The quantitative estimate of drug-likeness (QED) is 0.765. The molecular weight excluding hydrogens is 324 g/mol. The number of nitrogens with zero attached hydrogens (tertiary/aromatic N) is 3. The summed E-state index contributed by atoms with van der Waals surface area (Å²) in [6.45, 7) is 0.645. The van der Waals surface area contributed by atoms with Gasteiger partial charge in [0.1, 0.15) is 12.0 Å². The molecule has 26 heavy (non-hydrogen) atoms. The Hall–Kier alpha value is -2.37. The van der Waals surface area contributed by atoms with Crippen molar-refractivity contribution in [2.45, 2.75) is 50.6 Å². The second-order valence-corrected chi connectivity index (χ2v) is 8.52. The van der Waals surface area contributed by atoms with E-state index in [-0.39, 0.29) is 5.54 Å². The smallest absolute Gasteiger partial charge is 0.155 e. The Morgan fingerprint density at radius 2 is 1.73 bits per heavy atom. The van der Waals surface area contributed by atoms with Crippen molar-refractivity contribution in [1.82, 2.24) is 15.0 Å². The van der Waals surface area contributed by atoms with E-state index in [1.807, 2.05) is 18.3 Å². The topological polar surface area (TPSA) is 88.8 Å². The van der Waals surface area contributed by atoms with Gasteiger partial charge in [-0.25, -0.2) is 9.97 Å². The molecule has 6 rings (SSSR count). The number of hydrogen-bond acceptors (Lipinski definition) is 6. The maximum atomic E-state index is 6.41. The average Bonchev–Trinajstić information content (AvgIpc) is 2.62. The Labute approximate surface area is 154 Å². The van der Waals surface area contributed by atoms with E-state index in [1.54, 1.807) is 12.5 Å². The Kier molecular flexibility index (Phi) is 3.72. The van der Waals surface area contributed by atoms with Crippen LogP contribution in [0.15, 0.2) is 30.9 Å². The third-order valence-electron chi connectivity index (χ3n) is 6.49. The molecule has 2 heterocycles. The van der Waals surface area contributed by atoms with Gasteiger partial charge in [0.2, 0.25) is 0 Å². The van der Waals surface area contributed by atoms with Crippen LogP contribution in [0.1, 0.15) is 44.1 Å². The van der Waals surface area contributed by atoms with Crippen LogP contribution in [0.5, 0.6) is 0 Å². The summed E-state index contributed by atoms with van der Waals surface area (Å²) in [5.41, 5.74) is 8.32. The minimum atomic E-state index is 0.192. The number of rotatable bonds is 5. The summed E-state index contributed by atoms with van der Waals surface area (Å²) in [6, 6.07) is 3.96. The fourth-order valence-corrected chi connectivity index (χ4v) is 5.84. The second kappa shape index (κ2) is 6.11. The van der Waals surface area contributed by atoms with Gasteiger partial charge in [0.25, 0.3) is 0 Å². The summed E-state index contributed by atoms with van der Waals surface area (Å²) in [6.07, 6.45) is 13.3.